The second-order valence-electron chi connectivity index (χ2n) is 4.21. The number of ether oxygens (including phenoxy) is 1. The summed E-state index contributed by atoms with van der Waals surface area (Å²) >= 11 is 0. The first-order valence-corrected chi connectivity index (χ1v) is 5.97. The molecular formula is C12H19N3O. The third-order valence-corrected chi connectivity index (χ3v) is 3.16. The lowest BCUT2D eigenvalue weighted by Crippen LogP contribution is -2.29. The van der Waals surface area contributed by atoms with Crippen molar-refractivity contribution in [1.82, 2.24) is 9.97 Å². The Hall–Kier alpha value is -1.00. The van der Waals surface area contributed by atoms with Gasteiger partial charge in [0.1, 0.15) is 5.60 Å². The minimum absolute atomic E-state index is 0.250. The maximum absolute atomic E-state index is 5.91. The molecule has 1 aromatic heterocycles. The van der Waals surface area contributed by atoms with Crippen LogP contribution in [0.1, 0.15) is 44.1 Å². The van der Waals surface area contributed by atoms with Crippen LogP contribution in [0.15, 0.2) is 12.3 Å². The number of aromatic nitrogens is 2. The third kappa shape index (κ3) is 2.08. The predicted molar refractivity (Wildman–Crippen MR) is 61.7 cm³/mol. The zero-order valence-electron chi connectivity index (χ0n) is 9.78. The van der Waals surface area contributed by atoms with Gasteiger partial charge in [-0.1, -0.05) is 0 Å². The van der Waals surface area contributed by atoms with Gasteiger partial charge in [-0.2, -0.15) is 0 Å². The summed E-state index contributed by atoms with van der Waals surface area (Å²) < 4.78 is 5.91. The van der Waals surface area contributed by atoms with Crippen molar-refractivity contribution in [1.29, 1.82) is 0 Å². The Labute approximate surface area is 96.2 Å². The Morgan fingerprint density at radius 1 is 1.44 bits per heavy atom. The lowest BCUT2D eigenvalue weighted by molar-refractivity contribution is -0.0458. The number of hydrogen-bond acceptors (Lipinski definition) is 4. The van der Waals surface area contributed by atoms with E-state index in [9.17, 15) is 0 Å². The predicted octanol–water partition coefficient (Wildman–Crippen LogP) is 1.74. The highest BCUT2D eigenvalue weighted by molar-refractivity contribution is 5.10. The highest BCUT2D eigenvalue weighted by atomic mass is 16.5. The Morgan fingerprint density at radius 3 is 2.81 bits per heavy atom. The zero-order chi connectivity index (χ0) is 11.4. The van der Waals surface area contributed by atoms with E-state index in [1.165, 1.54) is 12.8 Å². The van der Waals surface area contributed by atoms with E-state index in [2.05, 4.69) is 9.97 Å². The second kappa shape index (κ2) is 4.89. The quantitative estimate of drug-likeness (QED) is 0.841. The van der Waals surface area contributed by atoms with E-state index in [1.807, 2.05) is 13.0 Å². The van der Waals surface area contributed by atoms with Crippen LogP contribution >= 0.6 is 0 Å². The molecule has 0 spiro atoms. The standard InChI is InChI=1S/C12H19N3O/c1-2-16-12(6-3-4-7-12)11-14-8-5-10(9-13)15-11/h5,8H,2-4,6-7,9,13H2,1H3. The monoisotopic (exact) mass is 221 g/mol. The molecule has 0 saturated heterocycles. The fourth-order valence-electron chi connectivity index (χ4n) is 2.38. The summed E-state index contributed by atoms with van der Waals surface area (Å²) in [6, 6.07) is 1.86. The molecule has 0 aromatic carbocycles. The lowest BCUT2D eigenvalue weighted by atomic mass is 10.0. The normalized spacial score (nSPS) is 18.9. The summed E-state index contributed by atoms with van der Waals surface area (Å²) in [5.41, 5.74) is 6.24. The molecule has 0 aliphatic heterocycles. The number of rotatable bonds is 4. The van der Waals surface area contributed by atoms with E-state index in [0.29, 0.717) is 13.2 Å². The van der Waals surface area contributed by atoms with Crippen molar-refractivity contribution in [3.05, 3.63) is 23.8 Å². The highest BCUT2D eigenvalue weighted by Crippen LogP contribution is 2.40. The first kappa shape index (κ1) is 11.5. The zero-order valence-corrected chi connectivity index (χ0v) is 9.78. The van der Waals surface area contributed by atoms with Gasteiger partial charge in [0.2, 0.25) is 0 Å². The van der Waals surface area contributed by atoms with Gasteiger partial charge in [-0.05, 0) is 38.7 Å². The van der Waals surface area contributed by atoms with Crippen LogP contribution in [0.3, 0.4) is 0 Å². The molecule has 4 nitrogen and oxygen atoms in total. The van der Waals surface area contributed by atoms with E-state index >= 15 is 0 Å². The van der Waals surface area contributed by atoms with Gasteiger partial charge >= 0.3 is 0 Å². The molecule has 0 bridgehead atoms. The smallest absolute Gasteiger partial charge is 0.160 e. The van der Waals surface area contributed by atoms with Crippen LogP contribution in [0, 0.1) is 0 Å². The molecule has 2 rings (SSSR count). The van der Waals surface area contributed by atoms with Gasteiger partial charge in [0.15, 0.2) is 5.82 Å². The summed E-state index contributed by atoms with van der Waals surface area (Å²) in [6.45, 7) is 3.18. The molecule has 0 amide bonds. The van der Waals surface area contributed by atoms with Crippen molar-refractivity contribution in [2.24, 2.45) is 5.73 Å². The van der Waals surface area contributed by atoms with Gasteiger partial charge in [-0.3, -0.25) is 0 Å². The third-order valence-electron chi connectivity index (χ3n) is 3.16. The number of hydrogen-bond donors (Lipinski definition) is 1. The molecule has 1 aliphatic carbocycles. The van der Waals surface area contributed by atoms with Crippen LogP contribution in [0.25, 0.3) is 0 Å². The minimum Gasteiger partial charge on any atom is -0.367 e. The van der Waals surface area contributed by atoms with Gasteiger partial charge < -0.3 is 10.5 Å². The molecular weight excluding hydrogens is 202 g/mol. The Bertz CT molecular complexity index is 348. The minimum atomic E-state index is -0.250. The summed E-state index contributed by atoms with van der Waals surface area (Å²) in [4.78, 5) is 8.87. The van der Waals surface area contributed by atoms with Crippen LogP contribution in [-0.2, 0) is 16.9 Å². The van der Waals surface area contributed by atoms with E-state index < -0.39 is 0 Å². The average Bonchev–Trinajstić information content (AvgIpc) is 2.80. The van der Waals surface area contributed by atoms with Gasteiger partial charge in [-0.15, -0.1) is 0 Å². The molecule has 1 aromatic rings. The van der Waals surface area contributed by atoms with Gasteiger partial charge in [0, 0.05) is 19.3 Å². The lowest BCUT2D eigenvalue weighted by Gasteiger charge is -2.27. The van der Waals surface area contributed by atoms with Crippen LogP contribution in [0.2, 0.25) is 0 Å². The molecule has 0 unspecified atom stereocenters. The van der Waals surface area contributed by atoms with Gasteiger partial charge in [0.05, 0.1) is 5.69 Å². The molecule has 0 radical (unpaired) electrons. The van der Waals surface area contributed by atoms with Crippen LogP contribution in [-0.4, -0.2) is 16.6 Å². The molecule has 1 fully saturated rings. The van der Waals surface area contributed by atoms with E-state index in [0.717, 1.165) is 24.4 Å². The van der Waals surface area contributed by atoms with E-state index in [4.69, 9.17) is 10.5 Å². The van der Waals surface area contributed by atoms with Crippen molar-refractivity contribution < 1.29 is 4.74 Å². The molecule has 16 heavy (non-hydrogen) atoms. The van der Waals surface area contributed by atoms with Crippen LogP contribution < -0.4 is 5.73 Å². The largest absolute Gasteiger partial charge is 0.367 e. The maximum atomic E-state index is 5.91. The molecule has 0 atom stereocenters. The fraction of sp³-hybridized carbons (Fsp3) is 0.667. The topological polar surface area (TPSA) is 61.0 Å². The van der Waals surface area contributed by atoms with Crippen LogP contribution in [0.5, 0.6) is 0 Å². The fourth-order valence-corrected chi connectivity index (χ4v) is 2.38. The summed E-state index contributed by atoms with van der Waals surface area (Å²) in [6.07, 6.45) is 6.21. The van der Waals surface area contributed by atoms with E-state index in [-0.39, 0.29) is 5.60 Å². The van der Waals surface area contributed by atoms with Crippen LogP contribution in [0.4, 0.5) is 0 Å². The molecule has 1 saturated carbocycles. The second-order valence-corrected chi connectivity index (χ2v) is 4.21. The Morgan fingerprint density at radius 2 is 2.19 bits per heavy atom. The average molecular weight is 221 g/mol. The van der Waals surface area contributed by atoms with Gasteiger partial charge in [0.25, 0.3) is 0 Å². The summed E-state index contributed by atoms with van der Waals surface area (Å²) in [5, 5.41) is 0. The number of nitrogens with zero attached hydrogens (tertiary/aromatic N) is 2. The first-order chi connectivity index (χ1) is 7.80. The highest BCUT2D eigenvalue weighted by Gasteiger charge is 2.39. The van der Waals surface area contributed by atoms with Crippen molar-refractivity contribution in [2.75, 3.05) is 6.61 Å². The molecule has 1 aliphatic rings. The van der Waals surface area contributed by atoms with Gasteiger partial charge in [-0.25, -0.2) is 9.97 Å². The molecule has 1 heterocycles. The first-order valence-electron chi connectivity index (χ1n) is 5.97. The molecule has 88 valence electrons. The van der Waals surface area contributed by atoms with Crippen molar-refractivity contribution in [2.45, 2.75) is 44.8 Å². The maximum Gasteiger partial charge on any atom is 0.160 e. The SMILES string of the molecule is CCOC1(c2nccc(CN)n2)CCCC1. The van der Waals surface area contributed by atoms with Crippen molar-refractivity contribution in [3.8, 4) is 0 Å². The molecule has 2 N–H and O–H groups in total. The van der Waals surface area contributed by atoms with Crippen molar-refractivity contribution in [3.63, 3.8) is 0 Å². The Balaban J connectivity index is 2.30. The molecule has 4 heteroatoms. The summed E-state index contributed by atoms with van der Waals surface area (Å²) in [5.74, 6) is 0.815. The van der Waals surface area contributed by atoms with Crippen molar-refractivity contribution >= 4 is 0 Å². The van der Waals surface area contributed by atoms with E-state index in [1.54, 1.807) is 6.20 Å². The summed E-state index contributed by atoms with van der Waals surface area (Å²) in [7, 11) is 0. The Kier molecular flexibility index (Phi) is 3.51. The number of nitrogens with two attached hydrogens (primary N) is 1.